The van der Waals surface area contributed by atoms with Gasteiger partial charge in [0, 0.05) is 0 Å². The molecule has 1 saturated carbocycles. The van der Waals surface area contributed by atoms with Gasteiger partial charge >= 0.3 is 22.5 Å². The van der Waals surface area contributed by atoms with Gasteiger partial charge in [0.2, 0.25) is 5.91 Å². The zero-order valence-corrected chi connectivity index (χ0v) is 7.68. The predicted octanol–water partition coefficient (Wildman–Crippen LogP) is -1.48. The van der Waals surface area contributed by atoms with Gasteiger partial charge in [0.05, 0.1) is 0 Å². The number of rotatable bonds is 2. The Morgan fingerprint density at radius 2 is 2.00 bits per heavy atom. The molecular formula is C5H8AlNO3. The van der Waals surface area contributed by atoms with Crippen molar-refractivity contribution < 1.29 is 14.7 Å². The first-order valence-corrected chi connectivity index (χ1v) is 4.09. The van der Waals surface area contributed by atoms with Gasteiger partial charge in [-0.1, -0.05) is 0 Å². The Morgan fingerprint density at radius 1 is 1.50 bits per heavy atom. The monoisotopic (exact) mass is 157 g/mol. The number of amides is 1. The molecule has 1 amide bonds. The maximum atomic E-state index is 10.9. The van der Waals surface area contributed by atoms with E-state index in [0.717, 1.165) is 0 Å². The molecule has 0 heterocycles. The lowest BCUT2D eigenvalue weighted by molar-refractivity contribution is -0.148. The van der Waals surface area contributed by atoms with E-state index >= 15 is 0 Å². The minimum Gasteiger partial charge on any atom is -0.480 e. The van der Waals surface area contributed by atoms with Gasteiger partial charge in [0.15, 0.2) is 0 Å². The summed E-state index contributed by atoms with van der Waals surface area (Å²) in [6.45, 7) is 0. The lowest BCUT2D eigenvalue weighted by Crippen LogP contribution is -2.35. The number of hydrogen-bond donors (Lipinski definition) is 2. The molecule has 54 valence electrons. The van der Waals surface area contributed by atoms with E-state index in [9.17, 15) is 9.59 Å². The van der Waals surface area contributed by atoms with E-state index < -0.39 is 11.4 Å². The van der Waals surface area contributed by atoms with Crippen molar-refractivity contribution in [2.45, 2.75) is 12.8 Å². The fourth-order valence-electron chi connectivity index (χ4n) is 0.902. The smallest absolute Gasteiger partial charge is 0.364 e. The predicted molar refractivity (Wildman–Crippen MR) is 36.0 cm³/mol. The van der Waals surface area contributed by atoms with Gasteiger partial charge in [-0.05, 0) is 12.8 Å². The van der Waals surface area contributed by atoms with E-state index in [2.05, 4.69) is 4.30 Å². The lowest BCUT2D eigenvalue weighted by atomic mass is 10.1. The van der Waals surface area contributed by atoms with Crippen LogP contribution in [0, 0.1) is 5.41 Å². The van der Waals surface area contributed by atoms with Crippen molar-refractivity contribution in [1.82, 2.24) is 4.30 Å². The van der Waals surface area contributed by atoms with Crippen LogP contribution in [0.25, 0.3) is 0 Å². The van der Waals surface area contributed by atoms with E-state index in [1.54, 1.807) is 0 Å². The summed E-state index contributed by atoms with van der Waals surface area (Å²) in [7, 11) is 0. The Kier molecular flexibility index (Phi) is 1.71. The van der Waals surface area contributed by atoms with Gasteiger partial charge in [-0.2, -0.15) is 0 Å². The van der Waals surface area contributed by atoms with Crippen molar-refractivity contribution >= 4 is 28.4 Å². The SMILES string of the molecule is O=C(O)C1(C(=O)[NH][AlH2])CC1. The van der Waals surface area contributed by atoms with Crippen molar-refractivity contribution in [2.24, 2.45) is 5.41 Å². The van der Waals surface area contributed by atoms with Crippen LogP contribution in [0.4, 0.5) is 0 Å². The Labute approximate surface area is 66.2 Å². The second-order valence-corrected chi connectivity index (χ2v) is 2.97. The zero-order chi connectivity index (χ0) is 7.78. The van der Waals surface area contributed by atoms with E-state index in [0.29, 0.717) is 29.4 Å². The Hall–Kier alpha value is -0.528. The molecule has 0 aromatic heterocycles. The van der Waals surface area contributed by atoms with Crippen LogP contribution < -0.4 is 4.30 Å². The van der Waals surface area contributed by atoms with Crippen LogP contribution in [0.2, 0.25) is 0 Å². The molecule has 0 saturated heterocycles. The molecule has 1 aliphatic carbocycles. The van der Waals surface area contributed by atoms with Crippen LogP contribution >= 0.6 is 0 Å². The molecule has 0 atom stereocenters. The summed E-state index contributed by atoms with van der Waals surface area (Å²) in [6.07, 6.45) is 0.993. The molecule has 0 aromatic rings. The molecule has 4 nitrogen and oxygen atoms in total. The van der Waals surface area contributed by atoms with E-state index in [1.807, 2.05) is 0 Å². The van der Waals surface area contributed by atoms with Crippen LogP contribution in [0.3, 0.4) is 0 Å². The van der Waals surface area contributed by atoms with Crippen molar-refractivity contribution in [3.05, 3.63) is 0 Å². The Balaban J connectivity index is 2.69. The number of nitrogens with one attached hydrogen (secondary N) is 1. The summed E-state index contributed by atoms with van der Waals surface area (Å²) in [4.78, 5) is 21.3. The third-order valence-corrected chi connectivity index (χ3v) is 2.28. The molecule has 0 unspecified atom stereocenters. The summed E-state index contributed by atoms with van der Waals surface area (Å²) < 4.78 is 2.47. The molecule has 1 rings (SSSR count). The lowest BCUT2D eigenvalue weighted by Gasteiger charge is -2.06. The van der Waals surface area contributed by atoms with E-state index in [4.69, 9.17) is 5.11 Å². The third-order valence-electron chi connectivity index (χ3n) is 1.82. The molecule has 0 aliphatic heterocycles. The third kappa shape index (κ3) is 0.917. The maximum Gasteiger partial charge on any atom is 0.364 e. The first-order chi connectivity index (χ1) is 4.63. The summed E-state index contributed by atoms with van der Waals surface area (Å²) >= 11 is 0.527. The molecule has 2 N–H and O–H groups in total. The van der Waals surface area contributed by atoms with Crippen LogP contribution in [0.5, 0.6) is 0 Å². The first-order valence-electron chi connectivity index (χ1n) is 3.09. The molecule has 10 heavy (non-hydrogen) atoms. The number of aliphatic carboxylic acids is 1. The van der Waals surface area contributed by atoms with Gasteiger partial charge in [-0.15, -0.1) is 0 Å². The quantitative estimate of drug-likeness (QED) is 0.379. The van der Waals surface area contributed by atoms with Crippen molar-refractivity contribution in [3.8, 4) is 0 Å². The minimum atomic E-state index is -1.04. The largest absolute Gasteiger partial charge is 0.480 e. The molecule has 0 bridgehead atoms. The molecule has 1 aliphatic rings. The van der Waals surface area contributed by atoms with E-state index in [1.165, 1.54) is 0 Å². The van der Waals surface area contributed by atoms with Gasteiger partial charge < -0.3 is 9.41 Å². The summed E-state index contributed by atoms with van der Waals surface area (Å²) in [5.41, 5.74) is -1.04. The first kappa shape index (κ1) is 7.58. The number of carbonyl (C=O) groups is 2. The maximum absolute atomic E-state index is 10.9. The molecule has 1 fully saturated rings. The summed E-state index contributed by atoms with van der Waals surface area (Å²) in [5.74, 6) is -1.30. The fraction of sp³-hybridized carbons (Fsp3) is 0.600. The highest BCUT2D eigenvalue weighted by molar-refractivity contribution is 6.19. The molecule has 0 aromatic carbocycles. The number of carboxylic acids is 1. The highest BCUT2D eigenvalue weighted by Crippen LogP contribution is 2.45. The highest BCUT2D eigenvalue weighted by atomic mass is 27.1. The van der Waals surface area contributed by atoms with Crippen LogP contribution in [0.15, 0.2) is 0 Å². The number of hydrogen-bond acceptors (Lipinski definition) is 2. The number of carbonyl (C=O) groups excluding carboxylic acids is 1. The normalized spacial score (nSPS) is 19.6. The topological polar surface area (TPSA) is 66.4 Å². The molecule has 5 heteroatoms. The van der Waals surface area contributed by atoms with Crippen LogP contribution in [-0.4, -0.2) is 33.5 Å². The average molecular weight is 157 g/mol. The minimum absolute atomic E-state index is 0.313. The van der Waals surface area contributed by atoms with Crippen LogP contribution in [-0.2, 0) is 9.59 Å². The Bertz CT molecular complexity index is 187. The molecule has 0 radical (unpaired) electrons. The fourth-order valence-corrected chi connectivity index (χ4v) is 1.38. The second-order valence-electron chi connectivity index (χ2n) is 2.47. The van der Waals surface area contributed by atoms with Crippen molar-refractivity contribution in [2.75, 3.05) is 0 Å². The van der Waals surface area contributed by atoms with Gasteiger partial charge in [-0.3, -0.25) is 9.59 Å². The number of carboxylic acid groups (broad SMARTS) is 1. The zero-order valence-electron chi connectivity index (χ0n) is 5.68. The van der Waals surface area contributed by atoms with Crippen molar-refractivity contribution in [1.29, 1.82) is 0 Å². The summed E-state index contributed by atoms with van der Waals surface area (Å²) in [6, 6.07) is 0. The van der Waals surface area contributed by atoms with E-state index in [-0.39, 0.29) is 5.91 Å². The molecular weight excluding hydrogens is 149 g/mol. The van der Waals surface area contributed by atoms with Gasteiger partial charge in [0.25, 0.3) is 0 Å². The Morgan fingerprint density at radius 3 is 2.10 bits per heavy atom. The average Bonchev–Trinajstić information content (AvgIpc) is 2.65. The van der Waals surface area contributed by atoms with Crippen LogP contribution in [0.1, 0.15) is 12.8 Å². The highest BCUT2D eigenvalue weighted by Gasteiger charge is 2.56. The standard InChI is InChI=1S/C5H7NO3.Al.2H/c6-3(7)5(1-2-5)4(8)9;;;/h1-2H2,(H3,6,7,8,9);;;/q;+1;;/p-1. The van der Waals surface area contributed by atoms with Gasteiger partial charge in [-0.25, -0.2) is 0 Å². The second kappa shape index (κ2) is 2.26. The summed E-state index contributed by atoms with van der Waals surface area (Å²) in [5, 5.41) is 8.56. The molecule has 0 spiro atoms. The van der Waals surface area contributed by atoms with Gasteiger partial charge in [0.1, 0.15) is 5.41 Å². The van der Waals surface area contributed by atoms with Crippen molar-refractivity contribution in [3.63, 3.8) is 0 Å².